The molecule has 0 aliphatic heterocycles. The molecule has 0 radical (unpaired) electrons. The van der Waals surface area contributed by atoms with Gasteiger partial charge in [0.2, 0.25) is 0 Å². The minimum atomic E-state index is -0.664. The van der Waals surface area contributed by atoms with Gasteiger partial charge in [0.25, 0.3) is 0 Å². The molecule has 0 bridgehead atoms. The first-order valence-electron chi connectivity index (χ1n) is 5.12. The number of fused-ring (bicyclic) bond motifs is 1. The largest absolute Gasteiger partial charge is 0.504 e. The van der Waals surface area contributed by atoms with E-state index >= 15 is 0 Å². The molecule has 1 heterocycles. The van der Waals surface area contributed by atoms with Crippen LogP contribution < -0.4 is 10.4 Å². The van der Waals surface area contributed by atoms with Gasteiger partial charge in [-0.3, -0.25) is 0 Å². The van der Waals surface area contributed by atoms with Crippen molar-refractivity contribution in [2.45, 2.75) is 6.92 Å². The van der Waals surface area contributed by atoms with Crippen LogP contribution in [-0.4, -0.2) is 11.1 Å². The van der Waals surface area contributed by atoms with Crippen molar-refractivity contribution in [3.63, 3.8) is 0 Å². The van der Waals surface area contributed by atoms with E-state index in [9.17, 15) is 14.7 Å². The summed E-state index contributed by atoms with van der Waals surface area (Å²) < 4.78 is 9.82. The molecule has 0 spiro atoms. The Hall–Kier alpha value is -2.56. The molecule has 0 fully saturated rings. The third-order valence-electron chi connectivity index (χ3n) is 2.25. The quantitative estimate of drug-likeness (QED) is 0.379. The lowest BCUT2D eigenvalue weighted by atomic mass is 10.2. The van der Waals surface area contributed by atoms with Crippen LogP contribution in [0.25, 0.3) is 11.0 Å². The molecule has 0 aliphatic rings. The number of phenols is 1. The number of carbonyl (C=O) groups is 1. The van der Waals surface area contributed by atoms with E-state index in [1.54, 1.807) is 0 Å². The predicted octanol–water partition coefficient (Wildman–Crippen LogP) is 1.98. The maximum Gasteiger partial charge on any atom is 0.338 e. The Kier molecular flexibility index (Phi) is 2.89. The molecule has 1 N–H and O–H groups in total. The van der Waals surface area contributed by atoms with Crippen LogP contribution in [0, 0.1) is 0 Å². The Morgan fingerprint density at radius 1 is 1.39 bits per heavy atom. The number of aromatic hydroxyl groups is 1. The van der Waals surface area contributed by atoms with Crippen molar-refractivity contribution >= 4 is 16.9 Å². The van der Waals surface area contributed by atoms with Gasteiger partial charge in [0.05, 0.1) is 0 Å². The van der Waals surface area contributed by atoms with Gasteiger partial charge in [-0.2, -0.15) is 0 Å². The topological polar surface area (TPSA) is 76.7 Å². The van der Waals surface area contributed by atoms with Crippen molar-refractivity contribution in [3.8, 4) is 11.5 Å². The summed E-state index contributed by atoms with van der Waals surface area (Å²) >= 11 is 0. The Bertz CT molecular complexity index is 696. The molecule has 0 amide bonds. The minimum absolute atomic E-state index is 0.0788. The third kappa shape index (κ3) is 2.24. The van der Waals surface area contributed by atoms with Crippen molar-refractivity contribution < 1.29 is 19.1 Å². The van der Waals surface area contributed by atoms with Crippen LogP contribution in [0.3, 0.4) is 0 Å². The smallest absolute Gasteiger partial charge is 0.338 e. The number of phenolic OH excluding ortho intramolecular Hbond substituents is 1. The highest BCUT2D eigenvalue weighted by Crippen LogP contribution is 2.31. The lowest BCUT2D eigenvalue weighted by molar-refractivity contribution is -0.130. The fourth-order valence-corrected chi connectivity index (χ4v) is 1.35. The SMILES string of the molecule is C=C(C)C(=O)Oc1cc2oc(=O)ccc2cc1O. The second kappa shape index (κ2) is 4.37. The first-order valence-corrected chi connectivity index (χ1v) is 5.12. The average molecular weight is 246 g/mol. The monoisotopic (exact) mass is 246 g/mol. The molecular formula is C13H10O5. The average Bonchev–Trinajstić information content (AvgIpc) is 2.30. The molecule has 1 aromatic heterocycles. The maximum atomic E-state index is 11.3. The molecule has 92 valence electrons. The Labute approximate surface area is 102 Å². The van der Waals surface area contributed by atoms with Crippen LogP contribution in [0.4, 0.5) is 0 Å². The van der Waals surface area contributed by atoms with E-state index < -0.39 is 11.6 Å². The van der Waals surface area contributed by atoms with Gasteiger partial charge < -0.3 is 14.3 Å². The summed E-state index contributed by atoms with van der Waals surface area (Å²) in [6, 6.07) is 5.37. The van der Waals surface area contributed by atoms with E-state index in [0.717, 1.165) is 0 Å². The third-order valence-corrected chi connectivity index (χ3v) is 2.25. The van der Waals surface area contributed by atoms with E-state index in [0.29, 0.717) is 5.39 Å². The zero-order chi connectivity index (χ0) is 13.3. The van der Waals surface area contributed by atoms with Crippen molar-refractivity contribution in [1.29, 1.82) is 0 Å². The van der Waals surface area contributed by atoms with Crippen LogP contribution in [-0.2, 0) is 4.79 Å². The summed E-state index contributed by atoms with van der Waals surface area (Å²) in [7, 11) is 0. The predicted molar refractivity (Wildman–Crippen MR) is 64.6 cm³/mol. The number of carbonyl (C=O) groups excluding carboxylic acids is 1. The van der Waals surface area contributed by atoms with Crippen molar-refractivity contribution in [1.82, 2.24) is 0 Å². The fraction of sp³-hybridized carbons (Fsp3) is 0.0769. The summed E-state index contributed by atoms with van der Waals surface area (Å²) in [5.41, 5.74) is -0.0980. The molecule has 0 saturated carbocycles. The number of ether oxygens (including phenoxy) is 1. The number of rotatable bonds is 2. The van der Waals surface area contributed by atoms with Gasteiger partial charge >= 0.3 is 11.6 Å². The van der Waals surface area contributed by atoms with Gasteiger partial charge in [0.1, 0.15) is 5.58 Å². The van der Waals surface area contributed by atoms with E-state index in [1.807, 2.05) is 0 Å². The van der Waals surface area contributed by atoms with Crippen LogP contribution in [0.15, 0.2) is 45.6 Å². The van der Waals surface area contributed by atoms with E-state index in [2.05, 4.69) is 6.58 Å². The number of hydrogen-bond donors (Lipinski definition) is 1. The van der Waals surface area contributed by atoms with Crippen molar-refractivity contribution in [2.75, 3.05) is 0 Å². The molecule has 1 aromatic carbocycles. The normalized spacial score (nSPS) is 10.3. The Morgan fingerprint density at radius 2 is 2.11 bits per heavy atom. The zero-order valence-corrected chi connectivity index (χ0v) is 9.60. The molecule has 0 unspecified atom stereocenters. The molecule has 0 saturated heterocycles. The van der Waals surface area contributed by atoms with Crippen LogP contribution in [0.1, 0.15) is 6.92 Å². The molecule has 18 heavy (non-hydrogen) atoms. The Balaban J connectivity index is 2.51. The lowest BCUT2D eigenvalue weighted by Gasteiger charge is -2.06. The molecule has 0 atom stereocenters. The molecule has 5 nitrogen and oxygen atoms in total. The van der Waals surface area contributed by atoms with Crippen molar-refractivity contribution in [3.05, 3.63) is 46.8 Å². The molecule has 2 rings (SSSR count). The van der Waals surface area contributed by atoms with Gasteiger partial charge in [-0.25, -0.2) is 9.59 Å². The maximum absolute atomic E-state index is 11.3. The Morgan fingerprint density at radius 3 is 2.78 bits per heavy atom. The van der Waals surface area contributed by atoms with Crippen LogP contribution >= 0.6 is 0 Å². The van der Waals surface area contributed by atoms with Crippen LogP contribution in [0.2, 0.25) is 0 Å². The van der Waals surface area contributed by atoms with Gasteiger partial charge in [0, 0.05) is 23.1 Å². The number of esters is 1. The summed E-state index contributed by atoms with van der Waals surface area (Å²) in [6.45, 7) is 4.91. The number of benzene rings is 1. The highest BCUT2D eigenvalue weighted by Gasteiger charge is 2.12. The van der Waals surface area contributed by atoms with Crippen LogP contribution in [0.5, 0.6) is 11.5 Å². The fourth-order valence-electron chi connectivity index (χ4n) is 1.35. The molecular weight excluding hydrogens is 236 g/mol. The zero-order valence-electron chi connectivity index (χ0n) is 9.60. The minimum Gasteiger partial charge on any atom is -0.504 e. The van der Waals surface area contributed by atoms with Gasteiger partial charge in [-0.1, -0.05) is 6.58 Å². The second-order valence-corrected chi connectivity index (χ2v) is 3.78. The lowest BCUT2D eigenvalue weighted by Crippen LogP contribution is -2.08. The summed E-state index contributed by atoms with van der Waals surface area (Å²) in [4.78, 5) is 22.4. The number of hydrogen-bond acceptors (Lipinski definition) is 5. The van der Waals surface area contributed by atoms with E-state index in [-0.39, 0.29) is 22.7 Å². The summed E-state index contributed by atoms with van der Waals surface area (Å²) in [5, 5.41) is 10.2. The highest BCUT2D eigenvalue weighted by molar-refractivity contribution is 5.90. The summed E-state index contributed by atoms with van der Waals surface area (Å²) in [6.07, 6.45) is 0. The standard InChI is InChI=1S/C13H10O5/c1-7(2)13(16)18-11-6-10-8(5-9(11)14)3-4-12(15)17-10/h3-6,14H,1H2,2H3. The first kappa shape index (κ1) is 11.9. The van der Waals surface area contributed by atoms with E-state index in [4.69, 9.17) is 9.15 Å². The molecule has 0 aliphatic carbocycles. The molecule has 5 heteroatoms. The summed E-state index contributed by atoms with van der Waals surface area (Å²) in [5.74, 6) is -0.960. The molecule has 2 aromatic rings. The van der Waals surface area contributed by atoms with Gasteiger partial charge in [-0.15, -0.1) is 0 Å². The first-order chi connectivity index (χ1) is 8.47. The van der Waals surface area contributed by atoms with Gasteiger partial charge in [0.15, 0.2) is 11.5 Å². The van der Waals surface area contributed by atoms with Gasteiger partial charge in [-0.05, 0) is 19.1 Å². The highest BCUT2D eigenvalue weighted by atomic mass is 16.5. The van der Waals surface area contributed by atoms with E-state index in [1.165, 1.54) is 31.2 Å². The second-order valence-electron chi connectivity index (χ2n) is 3.78. The van der Waals surface area contributed by atoms with Crippen molar-refractivity contribution in [2.24, 2.45) is 0 Å².